The second-order valence-electron chi connectivity index (χ2n) is 5.11. The molecule has 0 aliphatic rings. The van der Waals surface area contributed by atoms with Crippen LogP contribution in [0.1, 0.15) is 20.8 Å². The Morgan fingerprint density at radius 2 is 2.15 bits per heavy atom. The Labute approximate surface area is 119 Å². The minimum absolute atomic E-state index is 0.0584. The molecule has 2 rings (SSSR count). The number of aromatic nitrogens is 2. The van der Waals surface area contributed by atoms with Crippen molar-refractivity contribution in [3.63, 3.8) is 0 Å². The van der Waals surface area contributed by atoms with Crippen LogP contribution in [0.4, 0.5) is 5.69 Å². The molecule has 2 N–H and O–H groups in total. The fourth-order valence-corrected chi connectivity index (χ4v) is 1.96. The van der Waals surface area contributed by atoms with E-state index < -0.39 is 5.54 Å². The second kappa shape index (κ2) is 5.88. The van der Waals surface area contributed by atoms with Crippen LogP contribution in [0.2, 0.25) is 0 Å². The van der Waals surface area contributed by atoms with Gasteiger partial charge < -0.3 is 10.6 Å². The number of carbonyl (C=O) groups excluding carboxylic acids is 1. The van der Waals surface area contributed by atoms with Gasteiger partial charge in [0.25, 0.3) is 0 Å². The molecular formula is C15H20N4O. The lowest BCUT2D eigenvalue weighted by Crippen LogP contribution is -2.49. The molecule has 0 saturated heterocycles. The van der Waals surface area contributed by atoms with Crippen molar-refractivity contribution in [3.8, 4) is 5.69 Å². The Hall–Kier alpha value is -2.14. The molecule has 5 heteroatoms. The molecule has 20 heavy (non-hydrogen) atoms. The normalized spacial score (nSPS) is 11.3. The highest BCUT2D eigenvalue weighted by molar-refractivity contribution is 5.97. The summed E-state index contributed by atoms with van der Waals surface area (Å²) in [4.78, 5) is 12.2. The number of rotatable bonds is 5. The molecule has 0 bridgehead atoms. The van der Waals surface area contributed by atoms with Crippen molar-refractivity contribution in [2.24, 2.45) is 0 Å². The topological polar surface area (TPSA) is 59.0 Å². The fourth-order valence-electron chi connectivity index (χ4n) is 1.96. The zero-order valence-corrected chi connectivity index (χ0v) is 12.1. The SMILES string of the molecule is CCNC(C)(C)C(=O)Nc1cccc(-n2cccn2)c1. The van der Waals surface area contributed by atoms with E-state index in [1.807, 2.05) is 57.3 Å². The third-order valence-electron chi connectivity index (χ3n) is 3.06. The first-order valence-electron chi connectivity index (χ1n) is 6.69. The van der Waals surface area contributed by atoms with Gasteiger partial charge in [-0.2, -0.15) is 5.10 Å². The van der Waals surface area contributed by atoms with Crippen LogP contribution in [0.15, 0.2) is 42.7 Å². The first-order valence-corrected chi connectivity index (χ1v) is 6.69. The van der Waals surface area contributed by atoms with E-state index in [0.717, 1.165) is 17.9 Å². The zero-order valence-electron chi connectivity index (χ0n) is 12.1. The largest absolute Gasteiger partial charge is 0.324 e. The summed E-state index contributed by atoms with van der Waals surface area (Å²) in [7, 11) is 0. The summed E-state index contributed by atoms with van der Waals surface area (Å²) in [6.45, 7) is 6.45. The maximum atomic E-state index is 12.2. The van der Waals surface area contributed by atoms with Gasteiger partial charge in [0.15, 0.2) is 0 Å². The Balaban J connectivity index is 2.14. The molecule has 0 fully saturated rings. The van der Waals surface area contributed by atoms with Gasteiger partial charge >= 0.3 is 0 Å². The van der Waals surface area contributed by atoms with Crippen molar-refractivity contribution in [3.05, 3.63) is 42.7 Å². The predicted octanol–water partition coefficient (Wildman–Crippen LogP) is 2.20. The number of anilines is 1. The number of hydrogen-bond donors (Lipinski definition) is 2. The number of nitrogens with one attached hydrogen (secondary N) is 2. The van der Waals surface area contributed by atoms with Crippen molar-refractivity contribution >= 4 is 11.6 Å². The van der Waals surface area contributed by atoms with Crippen molar-refractivity contribution in [1.29, 1.82) is 0 Å². The predicted molar refractivity (Wildman–Crippen MR) is 79.9 cm³/mol. The van der Waals surface area contributed by atoms with Crippen LogP contribution in [0.3, 0.4) is 0 Å². The first kappa shape index (κ1) is 14.3. The molecule has 0 aliphatic heterocycles. The van der Waals surface area contributed by atoms with Crippen LogP contribution >= 0.6 is 0 Å². The summed E-state index contributed by atoms with van der Waals surface area (Å²) in [5.74, 6) is -0.0584. The third kappa shape index (κ3) is 3.24. The molecule has 0 radical (unpaired) electrons. The number of nitrogens with zero attached hydrogens (tertiary/aromatic N) is 2. The smallest absolute Gasteiger partial charge is 0.244 e. The Kier molecular flexibility index (Phi) is 4.20. The summed E-state index contributed by atoms with van der Waals surface area (Å²) >= 11 is 0. The van der Waals surface area contributed by atoms with E-state index in [0.29, 0.717) is 0 Å². The Bertz CT molecular complexity index is 575. The molecule has 0 saturated carbocycles. The molecule has 1 amide bonds. The van der Waals surface area contributed by atoms with Crippen LogP contribution in [0, 0.1) is 0 Å². The van der Waals surface area contributed by atoms with Crippen molar-refractivity contribution in [2.45, 2.75) is 26.3 Å². The summed E-state index contributed by atoms with van der Waals surface area (Å²) < 4.78 is 1.76. The van der Waals surface area contributed by atoms with E-state index in [2.05, 4.69) is 15.7 Å². The minimum atomic E-state index is -0.601. The maximum absolute atomic E-state index is 12.2. The molecule has 0 aliphatic carbocycles. The number of likely N-dealkylation sites (N-methyl/N-ethyl adjacent to an activating group) is 1. The number of carbonyl (C=O) groups is 1. The molecule has 1 heterocycles. The lowest BCUT2D eigenvalue weighted by atomic mass is 10.0. The average Bonchev–Trinajstić information content (AvgIpc) is 2.93. The van der Waals surface area contributed by atoms with Gasteiger partial charge in [-0.15, -0.1) is 0 Å². The number of benzene rings is 1. The molecule has 0 atom stereocenters. The maximum Gasteiger partial charge on any atom is 0.244 e. The summed E-state index contributed by atoms with van der Waals surface area (Å²) in [5.41, 5.74) is 1.07. The molecule has 2 aromatic rings. The second-order valence-corrected chi connectivity index (χ2v) is 5.11. The van der Waals surface area contributed by atoms with Gasteiger partial charge in [0, 0.05) is 18.1 Å². The van der Waals surface area contributed by atoms with Crippen LogP contribution < -0.4 is 10.6 Å². The van der Waals surface area contributed by atoms with Crippen LogP contribution in [0.25, 0.3) is 5.69 Å². The molecule has 0 spiro atoms. The molecule has 1 aromatic heterocycles. The van der Waals surface area contributed by atoms with E-state index in [1.165, 1.54) is 0 Å². The monoisotopic (exact) mass is 272 g/mol. The van der Waals surface area contributed by atoms with Crippen molar-refractivity contribution in [2.75, 3.05) is 11.9 Å². The Morgan fingerprint density at radius 1 is 1.35 bits per heavy atom. The molecule has 1 aromatic carbocycles. The van der Waals surface area contributed by atoms with Crippen LogP contribution in [-0.4, -0.2) is 27.8 Å². The summed E-state index contributed by atoms with van der Waals surface area (Å²) in [6, 6.07) is 9.46. The first-order chi connectivity index (χ1) is 9.53. The van der Waals surface area contributed by atoms with Crippen molar-refractivity contribution in [1.82, 2.24) is 15.1 Å². The summed E-state index contributed by atoms with van der Waals surface area (Å²) in [5, 5.41) is 10.3. The van der Waals surface area contributed by atoms with Gasteiger partial charge in [0.2, 0.25) is 5.91 Å². The molecule has 5 nitrogen and oxygen atoms in total. The van der Waals surface area contributed by atoms with E-state index in [-0.39, 0.29) is 5.91 Å². The lowest BCUT2D eigenvalue weighted by Gasteiger charge is -2.24. The quantitative estimate of drug-likeness (QED) is 0.877. The lowest BCUT2D eigenvalue weighted by molar-refractivity contribution is -0.121. The number of hydrogen-bond acceptors (Lipinski definition) is 3. The molecule has 106 valence electrons. The Morgan fingerprint density at radius 3 is 2.80 bits per heavy atom. The molecule has 0 unspecified atom stereocenters. The third-order valence-corrected chi connectivity index (χ3v) is 3.06. The van der Waals surface area contributed by atoms with E-state index in [1.54, 1.807) is 10.9 Å². The standard InChI is InChI=1S/C15H20N4O/c1-4-16-15(2,3)14(20)18-12-7-5-8-13(11-12)19-10-6-9-17-19/h5-11,16H,4H2,1-3H3,(H,18,20). The highest BCUT2D eigenvalue weighted by atomic mass is 16.2. The van der Waals surface area contributed by atoms with Crippen LogP contribution in [0.5, 0.6) is 0 Å². The van der Waals surface area contributed by atoms with E-state index >= 15 is 0 Å². The van der Waals surface area contributed by atoms with Gasteiger partial charge in [0.1, 0.15) is 0 Å². The summed E-state index contributed by atoms with van der Waals surface area (Å²) in [6.07, 6.45) is 3.59. The van der Waals surface area contributed by atoms with E-state index in [4.69, 9.17) is 0 Å². The van der Waals surface area contributed by atoms with Gasteiger partial charge in [-0.3, -0.25) is 4.79 Å². The molecular weight excluding hydrogens is 252 g/mol. The van der Waals surface area contributed by atoms with Gasteiger partial charge in [-0.1, -0.05) is 13.0 Å². The van der Waals surface area contributed by atoms with Gasteiger partial charge in [-0.25, -0.2) is 4.68 Å². The fraction of sp³-hybridized carbons (Fsp3) is 0.333. The zero-order chi connectivity index (χ0) is 14.6. The minimum Gasteiger partial charge on any atom is -0.324 e. The van der Waals surface area contributed by atoms with Crippen LogP contribution in [-0.2, 0) is 4.79 Å². The average molecular weight is 272 g/mol. The van der Waals surface area contributed by atoms with E-state index in [9.17, 15) is 4.79 Å². The van der Waals surface area contributed by atoms with Gasteiger partial charge in [-0.05, 0) is 44.7 Å². The number of amides is 1. The van der Waals surface area contributed by atoms with Crippen molar-refractivity contribution < 1.29 is 4.79 Å². The van der Waals surface area contributed by atoms with Gasteiger partial charge in [0.05, 0.1) is 11.2 Å². The highest BCUT2D eigenvalue weighted by Gasteiger charge is 2.26. The highest BCUT2D eigenvalue weighted by Crippen LogP contribution is 2.15.